The van der Waals surface area contributed by atoms with Crippen LogP contribution in [0.3, 0.4) is 0 Å². The zero-order valence-corrected chi connectivity index (χ0v) is 16.6. The Morgan fingerprint density at radius 3 is 2.56 bits per heavy atom. The van der Waals surface area contributed by atoms with Gasteiger partial charge in [0.2, 0.25) is 5.91 Å². The van der Waals surface area contributed by atoms with Gasteiger partial charge in [0.25, 0.3) is 5.91 Å². The number of amides is 2. The third-order valence-corrected chi connectivity index (χ3v) is 5.46. The van der Waals surface area contributed by atoms with Crippen molar-refractivity contribution < 1.29 is 9.59 Å². The third-order valence-electron chi connectivity index (χ3n) is 4.21. The Kier molecular flexibility index (Phi) is 5.05. The fourth-order valence-electron chi connectivity index (χ4n) is 2.58. The molecule has 7 heteroatoms. The molecule has 136 valence electrons. The van der Waals surface area contributed by atoms with E-state index in [1.165, 1.54) is 11.3 Å². The Morgan fingerprint density at radius 1 is 1.07 bits per heavy atom. The molecular formula is C20H16BrN3O2S. The summed E-state index contributed by atoms with van der Waals surface area (Å²) in [4.78, 5) is 28.7. The molecule has 2 amide bonds. The van der Waals surface area contributed by atoms with Gasteiger partial charge in [-0.3, -0.25) is 14.9 Å². The first-order valence-corrected chi connectivity index (χ1v) is 10.2. The minimum atomic E-state index is -0.231. The van der Waals surface area contributed by atoms with Gasteiger partial charge in [-0.05, 0) is 49.2 Å². The lowest BCUT2D eigenvalue weighted by atomic mass is 10.2. The van der Waals surface area contributed by atoms with E-state index in [2.05, 4.69) is 31.5 Å². The van der Waals surface area contributed by atoms with Gasteiger partial charge < -0.3 is 5.32 Å². The fourth-order valence-corrected chi connectivity index (χ4v) is 3.69. The summed E-state index contributed by atoms with van der Waals surface area (Å²) in [6.45, 7) is 0. The van der Waals surface area contributed by atoms with E-state index in [0.717, 1.165) is 28.6 Å². The summed E-state index contributed by atoms with van der Waals surface area (Å²) in [6.07, 6.45) is 1.92. The number of carbonyl (C=O) groups excluding carboxylic acids is 2. The highest BCUT2D eigenvalue weighted by atomic mass is 79.9. The normalized spacial score (nSPS) is 13.2. The molecule has 1 heterocycles. The number of carbonyl (C=O) groups is 2. The van der Waals surface area contributed by atoms with Crippen LogP contribution >= 0.6 is 27.3 Å². The van der Waals surface area contributed by atoms with E-state index in [9.17, 15) is 9.59 Å². The first-order chi connectivity index (χ1) is 13.1. The molecule has 1 aromatic heterocycles. The SMILES string of the molecule is O=C(Nc1nc(-c2cccc(Br)c2)cs1)c1ccc(NC(=O)C2CC2)cc1. The predicted octanol–water partition coefficient (Wildman–Crippen LogP) is 5.17. The van der Waals surface area contributed by atoms with Crippen LogP contribution in [0.1, 0.15) is 23.2 Å². The van der Waals surface area contributed by atoms with Crippen molar-refractivity contribution in [3.8, 4) is 11.3 Å². The molecule has 0 saturated heterocycles. The minimum absolute atomic E-state index is 0.0510. The topological polar surface area (TPSA) is 71.1 Å². The Balaban J connectivity index is 1.41. The highest BCUT2D eigenvalue weighted by Crippen LogP contribution is 2.30. The van der Waals surface area contributed by atoms with Crippen LogP contribution in [0.5, 0.6) is 0 Å². The van der Waals surface area contributed by atoms with Gasteiger partial charge in [0, 0.05) is 32.6 Å². The molecule has 5 nitrogen and oxygen atoms in total. The number of hydrogen-bond acceptors (Lipinski definition) is 4. The minimum Gasteiger partial charge on any atom is -0.326 e. The predicted molar refractivity (Wildman–Crippen MR) is 111 cm³/mol. The number of hydrogen-bond donors (Lipinski definition) is 2. The average molecular weight is 442 g/mol. The average Bonchev–Trinajstić information content (AvgIpc) is 3.42. The van der Waals surface area contributed by atoms with Crippen LogP contribution in [-0.4, -0.2) is 16.8 Å². The molecule has 1 fully saturated rings. The zero-order valence-electron chi connectivity index (χ0n) is 14.2. The van der Waals surface area contributed by atoms with Crippen LogP contribution < -0.4 is 10.6 Å². The van der Waals surface area contributed by atoms with Gasteiger partial charge in [0.15, 0.2) is 5.13 Å². The molecule has 0 atom stereocenters. The van der Waals surface area contributed by atoms with Crippen LogP contribution in [0, 0.1) is 5.92 Å². The highest BCUT2D eigenvalue weighted by Gasteiger charge is 2.29. The summed E-state index contributed by atoms with van der Waals surface area (Å²) in [5.41, 5.74) is 3.01. The summed E-state index contributed by atoms with van der Waals surface area (Å²) in [5.74, 6) is -0.0300. The fraction of sp³-hybridized carbons (Fsp3) is 0.150. The van der Waals surface area contributed by atoms with E-state index in [-0.39, 0.29) is 17.7 Å². The summed E-state index contributed by atoms with van der Waals surface area (Å²) in [7, 11) is 0. The van der Waals surface area contributed by atoms with Gasteiger partial charge in [0.1, 0.15) is 0 Å². The number of benzene rings is 2. The number of anilines is 2. The maximum Gasteiger partial charge on any atom is 0.257 e. The van der Waals surface area contributed by atoms with Gasteiger partial charge >= 0.3 is 0 Å². The Hall–Kier alpha value is -2.51. The molecule has 1 aliphatic carbocycles. The number of rotatable bonds is 5. The van der Waals surface area contributed by atoms with Crippen molar-refractivity contribution in [3.05, 3.63) is 63.9 Å². The molecule has 0 radical (unpaired) electrons. The molecule has 3 aromatic rings. The number of thiazole rings is 1. The molecule has 4 rings (SSSR count). The maximum atomic E-state index is 12.4. The van der Waals surface area contributed by atoms with Crippen molar-refractivity contribution in [1.29, 1.82) is 0 Å². The summed E-state index contributed by atoms with van der Waals surface area (Å²) in [6, 6.07) is 14.7. The first kappa shape index (κ1) is 17.9. The summed E-state index contributed by atoms with van der Waals surface area (Å²) in [5, 5.41) is 8.14. The second kappa shape index (κ2) is 7.62. The standard InChI is InChI=1S/C20H16BrN3O2S/c21-15-3-1-2-14(10-15)17-11-27-20(23-17)24-19(26)13-6-8-16(9-7-13)22-18(25)12-4-5-12/h1-3,6-12H,4-5H2,(H,22,25)(H,23,24,26). The number of nitrogens with zero attached hydrogens (tertiary/aromatic N) is 1. The van der Waals surface area contributed by atoms with Gasteiger partial charge in [-0.2, -0.15) is 0 Å². The van der Waals surface area contributed by atoms with Crippen molar-refractivity contribution in [2.75, 3.05) is 10.6 Å². The van der Waals surface area contributed by atoms with Gasteiger partial charge in [-0.15, -0.1) is 11.3 Å². The lowest BCUT2D eigenvalue weighted by molar-refractivity contribution is -0.117. The highest BCUT2D eigenvalue weighted by molar-refractivity contribution is 9.10. The second-order valence-corrected chi connectivity index (χ2v) is 8.12. The van der Waals surface area contributed by atoms with E-state index in [4.69, 9.17) is 0 Å². The van der Waals surface area contributed by atoms with E-state index < -0.39 is 0 Å². The molecule has 1 saturated carbocycles. The van der Waals surface area contributed by atoms with Gasteiger partial charge in [-0.25, -0.2) is 4.98 Å². The smallest absolute Gasteiger partial charge is 0.257 e. The lowest BCUT2D eigenvalue weighted by Crippen LogP contribution is -2.14. The van der Waals surface area contributed by atoms with E-state index in [1.54, 1.807) is 24.3 Å². The van der Waals surface area contributed by atoms with Crippen molar-refractivity contribution in [1.82, 2.24) is 4.98 Å². The van der Waals surface area contributed by atoms with Crippen LogP contribution in [0.2, 0.25) is 0 Å². The summed E-state index contributed by atoms with van der Waals surface area (Å²) >= 11 is 4.83. The summed E-state index contributed by atoms with van der Waals surface area (Å²) < 4.78 is 0.979. The molecule has 2 aromatic carbocycles. The Morgan fingerprint density at radius 2 is 1.85 bits per heavy atom. The molecule has 0 bridgehead atoms. The molecular weight excluding hydrogens is 426 g/mol. The number of aromatic nitrogens is 1. The monoisotopic (exact) mass is 441 g/mol. The van der Waals surface area contributed by atoms with E-state index >= 15 is 0 Å². The molecule has 2 N–H and O–H groups in total. The van der Waals surface area contributed by atoms with Crippen molar-refractivity contribution in [2.45, 2.75) is 12.8 Å². The van der Waals surface area contributed by atoms with Crippen LogP contribution in [0.25, 0.3) is 11.3 Å². The third kappa shape index (κ3) is 4.43. The second-order valence-electron chi connectivity index (χ2n) is 6.34. The first-order valence-electron chi connectivity index (χ1n) is 8.52. The van der Waals surface area contributed by atoms with Crippen molar-refractivity contribution in [3.63, 3.8) is 0 Å². The van der Waals surface area contributed by atoms with E-state index in [0.29, 0.717) is 16.4 Å². The number of nitrogens with one attached hydrogen (secondary N) is 2. The van der Waals surface area contributed by atoms with Gasteiger partial charge in [-0.1, -0.05) is 28.1 Å². The molecule has 0 unspecified atom stereocenters. The molecule has 0 aliphatic heterocycles. The quantitative estimate of drug-likeness (QED) is 0.573. The van der Waals surface area contributed by atoms with Crippen molar-refractivity contribution in [2.24, 2.45) is 5.92 Å². The molecule has 1 aliphatic rings. The maximum absolute atomic E-state index is 12.4. The van der Waals surface area contributed by atoms with Crippen molar-refractivity contribution >= 4 is 49.9 Å². The van der Waals surface area contributed by atoms with Gasteiger partial charge in [0.05, 0.1) is 5.69 Å². The number of halogens is 1. The van der Waals surface area contributed by atoms with Crippen LogP contribution in [-0.2, 0) is 4.79 Å². The van der Waals surface area contributed by atoms with Crippen LogP contribution in [0.15, 0.2) is 58.4 Å². The van der Waals surface area contributed by atoms with E-state index in [1.807, 2.05) is 29.6 Å². The Labute approximate surface area is 169 Å². The molecule has 0 spiro atoms. The largest absolute Gasteiger partial charge is 0.326 e. The Bertz CT molecular complexity index is 996. The van der Waals surface area contributed by atoms with Crippen LogP contribution in [0.4, 0.5) is 10.8 Å². The zero-order chi connectivity index (χ0) is 18.8. The molecule has 27 heavy (non-hydrogen) atoms. The lowest BCUT2D eigenvalue weighted by Gasteiger charge is -2.06.